The van der Waals surface area contributed by atoms with E-state index in [0.717, 1.165) is 10.6 Å². The molecule has 8 heteroatoms. The van der Waals surface area contributed by atoms with Gasteiger partial charge in [-0.25, -0.2) is 13.9 Å². The maximum atomic E-state index is 13.0. The number of urea groups is 1. The van der Waals surface area contributed by atoms with Crippen LogP contribution in [0.15, 0.2) is 77.7 Å². The van der Waals surface area contributed by atoms with Crippen molar-refractivity contribution in [3.05, 3.63) is 72.8 Å². The molecular weight excluding hydrogens is 416 g/mol. The minimum absolute atomic E-state index is 0.224. The largest absolute Gasteiger partial charge is 0.479 e. The molecule has 0 bridgehead atoms. The van der Waals surface area contributed by atoms with Crippen molar-refractivity contribution in [2.45, 2.75) is 17.9 Å². The van der Waals surface area contributed by atoms with Crippen LogP contribution in [0.4, 0.5) is 16.2 Å². The highest BCUT2D eigenvalue weighted by Crippen LogP contribution is 2.42. The Balaban J connectivity index is 1.52. The molecule has 3 aromatic carbocycles. The van der Waals surface area contributed by atoms with Crippen molar-refractivity contribution in [1.29, 1.82) is 0 Å². The van der Waals surface area contributed by atoms with Gasteiger partial charge in [0.25, 0.3) is 0 Å². The molecule has 0 fully saturated rings. The average molecular weight is 436 g/mol. The van der Waals surface area contributed by atoms with Crippen LogP contribution < -0.4 is 18.7 Å². The molecule has 1 heterocycles. The molecule has 1 aliphatic rings. The molecule has 1 N–H and O–H groups in total. The van der Waals surface area contributed by atoms with Crippen LogP contribution >= 0.6 is 11.9 Å². The highest BCUT2D eigenvalue weighted by molar-refractivity contribution is 8.01. The van der Waals surface area contributed by atoms with Gasteiger partial charge in [-0.1, -0.05) is 18.2 Å². The highest BCUT2D eigenvalue weighted by atomic mass is 32.2. The molecule has 31 heavy (non-hydrogen) atoms. The van der Waals surface area contributed by atoms with Crippen LogP contribution in [0.2, 0.25) is 0 Å². The standard InChI is InChI=1S/C23H20N2O5S/c1-15(22(26)27)29-19-12-13-21-20(14-19)24(2)23(28)25(31-21)16-8-10-18(11-9-16)30-17-6-4-3-5-7-17/h3-15H,1-2H3,(H,26,27)/t15-/m1/s1. The molecule has 1 aliphatic heterocycles. The molecule has 0 radical (unpaired) electrons. The lowest BCUT2D eigenvalue weighted by atomic mass is 10.2. The molecule has 0 saturated carbocycles. The Morgan fingerprint density at radius 2 is 1.61 bits per heavy atom. The van der Waals surface area contributed by atoms with Gasteiger partial charge >= 0.3 is 12.0 Å². The second kappa shape index (κ2) is 8.61. The SMILES string of the molecule is C[C@@H](Oc1ccc2c(c1)N(C)C(=O)N(c1ccc(Oc3ccccc3)cc1)S2)C(=O)O. The summed E-state index contributed by atoms with van der Waals surface area (Å²) in [4.78, 5) is 26.4. The fourth-order valence-electron chi connectivity index (χ4n) is 2.98. The van der Waals surface area contributed by atoms with Crippen LogP contribution in [-0.4, -0.2) is 30.3 Å². The van der Waals surface area contributed by atoms with E-state index in [4.69, 9.17) is 14.6 Å². The zero-order valence-corrected chi connectivity index (χ0v) is 17.7. The Bertz CT molecular complexity index is 1100. The normalized spacial score (nSPS) is 14.1. The van der Waals surface area contributed by atoms with Crippen molar-refractivity contribution >= 4 is 35.3 Å². The molecule has 0 spiro atoms. The third-order valence-corrected chi connectivity index (χ3v) is 5.74. The quantitative estimate of drug-likeness (QED) is 0.520. The minimum atomic E-state index is -1.05. The predicted octanol–water partition coefficient (Wildman–Crippen LogP) is 5.41. The number of hydrogen-bond acceptors (Lipinski definition) is 5. The first-order chi connectivity index (χ1) is 14.9. The van der Waals surface area contributed by atoms with E-state index in [9.17, 15) is 9.59 Å². The first kappa shape index (κ1) is 20.6. The summed E-state index contributed by atoms with van der Waals surface area (Å²) in [6.07, 6.45) is -0.983. The van der Waals surface area contributed by atoms with E-state index >= 15 is 0 Å². The Kier molecular flexibility index (Phi) is 5.73. The van der Waals surface area contributed by atoms with Crippen LogP contribution in [0.1, 0.15) is 6.92 Å². The maximum Gasteiger partial charge on any atom is 0.344 e. The number of fused-ring (bicyclic) bond motifs is 1. The summed E-state index contributed by atoms with van der Waals surface area (Å²) in [6.45, 7) is 1.46. The van der Waals surface area contributed by atoms with Gasteiger partial charge < -0.3 is 14.6 Å². The van der Waals surface area contributed by atoms with Gasteiger partial charge in [0, 0.05) is 13.1 Å². The number of hydrogen-bond donors (Lipinski definition) is 1. The molecular formula is C23H20N2O5S. The van der Waals surface area contributed by atoms with Gasteiger partial charge in [0.15, 0.2) is 6.10 Å². The van der Waals surface area contributed by atoms with Crippen molar-refractivity contribution < 1.29 is 24.2 Å². The summed E-state index contributed by atoms with van der Waals surface area (Å²) in [5.74, 6) is 0.752. The molecule has 0 unspecified atom stereocenters. The van der Waals surface area contributed by atoms with Gasteiger partial charge in [-0.05, 0) is 67.4 Å². The van der Waals surface area contributed by atoms with Crippen molar-refractivity contribution in [2.24, 2.45) is 0 Å². The topological polar surface area (TPSA) is 79.3 Å². The number of ether oxygens (including phenoxy) is 2. The number of carboxylic acids is 1. The Hall–Kier alpha value is -3.65. The number of carboxylic acid groups (broad SMARTS) is 1. The number of benzene rings is 3. The van der Waals surface area contributed by atoms with Gasteiger partial charge in [-0.3, -0.25) is 4.90 Å². The third-order valence-electron chi connectivity index (χ3n) is 4.65. The highest BCUT2D eigenvalue weighted by Gasteiger charge is 2.30. The summed E-state index contributed by atoms with van der Waals surface area (Å²) in [7, 11) is 1.67. The second-order valence-corrected chi connectivity index (χ2v) is 7.85. The fourth-order valence-corrected chi connectivity index (χ4v) is 4.02. The number of nitrogens with zero attached hydrogens (tertiary/aromatic N) is 2. The van der Waals surface area contributed by atoms with E-state index in [0.29, 0.717) is 22.9 Å². The lowest BCUT2D eigenvalue weighted by Gasteiger charge is -2.34. The van der Waals surface area contributed by atoms with Gasteiger partial charge in [0.2, 0.25) is 0 Å². The van der Waals surface area contributed by atoms with Crippen LogP contribution in [0.25, 0.3) is 0 Å². The molecule has 3 aromatic rings. The lowest BCUT2D eigenvalue weighted by Crippen LogP contribution is -2.40. The van der Waals surface area contributed by atoms with E-state index in [2.05, 4.69) is 0 Å². The summed E-state index contributed by atoms with van der Waals surface area (Å²) in [6, 6.07) is 21.7. The molecule has 1 atom stereocenters. The summed E-state index contributed by atoms with van der Waals surface area (Å²) in [5, 5.41) is 9.03. The van der Waals surface area contributed by atoms with Crippen molar-refractivity contribution in [2.75, 3.05) is 16.3 Å². The van der Waals surface area contributed by atoms with Crippen LogP contribution in [0.5, 0.6) is 17.2 Å². The summed E-state index contributed by atoms with van der Waals surface area (Å²) >= 11 is 1.30. The molecule has 4 rings (SSSR count). The predicted molar refractivity (Wildman–Crippen MR) is 119 cm³/mol. The lowest BCUT2D eigenvalue weighted by molar-refractivity contribution is -0.144. The number of para-hydroxylation sites is 1. The van der Waals surface area contributed by atoms with E-state index in [-0.39, 0.29) is 6.03 Å². The zero-order valence-electron chi connectivity index (χ0n) is 16.9. The zero-order chi connectivity index (χ0) is 22.0. The third kappa shape index (κ3) is 4.44. The smallest absolute Gasteiger partial charge is 0.344 e. The minimum Gasteiger partial charge on any atom is -0.479 e. The fraction of sp³-hybridized carbons (Fsp3) is 0.130. The van der Waals surface area contributed by atoms with Gasteiger partial charge in [-0.2, -0.15) is 0 Å². The molecule has 0 saturated heterocycles. The summed E-state index contributed by atoms with van der Waals surface area (Å²) in [5.41, 5.74) is 1.37. The van der Waals surface area contributed by atoms with E-state index in [1.54, 1.807) is 23.5 Å². The molecule has 0 aromatic heterocycles. The first-order valence-electron chi connectivity index (χ1n) is 9.54. The van der Waals surface area contributed by atoms with Crippen LogP contribution in [0.3, 0.4) is 0 Å². The Labute approximate surface area is 183 Å². The monoisotopic (exact) mass is 436 g/mol. The van der Waals surface area contributed by atoms with Crippen molar-refractivity contribution in [1.82, 2.24) is 0 Å². The number of rotatable bonds is 6. The Morgan fingerprint density at radius 1 is 0.968 bits per heavy atom. The summed E-state index contributed by atoms with van der Waals surface area (Å²) < 4.78 is 12.8. The van der Waals surface area contributed by atoms with Crippen molar-refractivity contribution in [3.8, 4) is 17.2 Å². The second-order valence-electron chi connectivity index (χ2n) is 6.86. The van der Waals surface area contributed by atoms with E-state index in [1.165, 1.54) is 23.8 Å². The van der Waals surface area contributed by atoms with Gasteiger partial charge in [-0.15, -0.1) is 0 Å². The Morgan fingerprint density at radius 3 is 2.29 bits per heavy atom. The average Bonchev–Trinajstić information content (AvgIpc) is 2.78. The maximum absolute atomic E-state index is 13.0. The molecule has 0 aliphatic carbocycles. The van der Waals surface area contributed by atoms with Crippen LogP contribution in [-0.2, 0) is 4.79 Å². The van der Waals surface area contributed by atoms with Crippen LogP contribution in [0, 0.1) is 0 Å². The van der Waals surface area contributed by atoms with Gasteiger partial charge in [0.1, 0.15) is 17.2 Å². The number of aliphatic carboxylic acids is 1. The van der Waals surface area contributed by atoms with Gasteiger partial charge in [0.05, 0.1) is 16.3 Å². The van der Waals surface area contributed by atoms with E-state index in [1.807, 2.05) is 60.7 Å². The molecule has 7 nitrogen and oxygen atoms in total. The van der Waals surface area contributed by atoms with Crippen molar-refractivity contribution in [3.63, 3.8) is 0 Å². The molecule has 2 amide bonds. The number of anilines is 2. The number of carbonyl (C=O) groups excluding carboxylic acids is 1. The molecule has 158 valence electrons. The van der Waals surface area contributed by atoms with E-state index < -0.39 is 12.1 Å². The number of amides is 2. The first-order valence-corrected chi connectivity index (χ1v) is 10.3. The number of carbonyl (C=O) groups is 2.